The molecule has 0 unspecified atom stereocenters. The number of nitrogens with zero attached hydrogens (tertiary/aromatic N) is 2. The standard InChI is InChI=1S/C6H10N2O2/c1-7-4-2-3-6(7)5-8(9)10/h5H,2-4H2,1H3/b6-5+. The van der Waals surface area contributed by atoms with Crippen molar-refractivity contribution in [2.75, 3.05) is 13.6 Å². The maximum absolute atomic E-state index is 10.0. The molecule has 0 radical (unpaired) electrons. The minimum absolute atomic E-state index is 0.392. The molecular weight excluding hydrogens is 132 g/mol. The Morgan fingerprint density at radius 1 is 1.80 bits per heavy atom. The van der Waals surface area contributed by atoms with Crippen LogP contribution in [0.4, 0.5) is 0 Å². The van der Waals surface area contributed by atoms with Crippen LogP contribution in [0.25, 0.3) is 0 Å². The first-order valence-electron chi connectivity index (χ1n) is 3.25. The summed E-state index contributed by atoms with van der Waals surface area (Å²) < 4.78 is 0. The zero-order chi connectivity index (χ0) is 7.56. The van der Waals surface area contributed by atoms with E-state index in [0.29, 0.717) is 0 Å². The molecule has 1 aliphatic rings. The van der Waals surface area contributed by atoms with Crippen molar-refractivity contribution in [3.8, 4) is 0 Å². The van der Waals surface area contributed by atoms with Crippen molar-refractivity contribution in [2.24, 2.45) is 0 Å². The zero-order valence-electron chi connectivity index (χ0n) is 5.91. The molecule has 0 bridgehead atoms. The minimum atomic E-state index is -0.392. The molecule has 4 heteroatoms. The number of hydrogen-bond acceptors (Lipinski definition) is 3. The van der Waals surface area contributed by atoms with E-state index >= 15 is 0 Å². The van der Waals surface area contributed by atoms with Crippen LogP contribution in [-0.4, -0.2) is 23.4 Å². The fourth-order valence-corrected chi connectivity index (χ4v) is 1.12. The predicted molar refractivity (Wildman–Crippen MR) is 36.9 cm³/mol. The van der Waals surface area contributed by atoms with Gasteiger partial charge in [0.2, 0.25) is 0 Å². The van der Waals surface area contributed by atoms with Crippen molar-refractivity contribution in [2.45, 2.75) is 12.8 Å². The van der Waals surface area contributed by atoms with Crippen molar-refractivity contribution in [3.63, 3.8) is 0 Å². The lowest BCUT2D eigenvalue weighted by molar-refractivity contribution is -0.404. The molecule has 56 valence electrons. The molecule has 0 amide bonds. The summed E-state index contributed by atoms with van der Waals surface area (Å²) in [6.45, 7) is 0.944. The summed E-state index contributed by atoms with van der Waals surface area (Å²) in [4.78, 5) is 11.5. The topological polar surface area (TPSA) is 46.4 Å². The predicted octanol–water partition coefficient (Wildman–Crippen LogP) is 0.830. The Labute approximate surface area is 59.3 Å². The molecular formula is C6H10N2O2. The summed E-state index contributed by atoms with van der Waals surface area (Å²) in [6.07, 6.45) is 2.97. The molecule has 1 heterocycles. The van der Waals surface area contributed by atoms with Crippen molar-refractivity contribution in [3.05, 3.63) is 22.0 Å². The molecule has 0 spiro atoms. The molecule has 10 heavy (non-hydrogen) atoms. The molecule has 4 nitrogen and oxygen atoms in total. The van der Waals surface area contributed by atoms with Gasteiger partial charge in [-0.05, 0) is 12.8 Å². The van der Waals surface area contributed by atoms with Gasteiger partial charge in [-0.15, -0.1) is 0 Å². The zero-order valence-corrected chi connectivity index (χ0v) is 5.91. The lowest BCUT2D eigenvalue weighted by Crippen LogP contribution is -2.11. The van der Waals surface area contributed by atoms with Crippen molar-refractivity contribution in [1.82, 2.24) is 4.90 Å². The molecule has 1 saturated heterocycles. The maximum Gasteiger partial charge on any atom is 0.253 e. The Morgan fingerprint density at radius 3 is 2.90 bits per heavy atom. The fourth-order valence-electron chi connectivity index (χ4n) is 1.12. The fraction of sp³-hybridized carbons (Fsp3) is 0.667. The summed E-state index contributed by atoms with van der Waals surface area (Å²) in [6, 6.07) is 0. The summed E-state index contributed by atoms with van der Waals surface area (Å²) in [7, 11) is 1.88. The van der Waals surface area contributed by atoms with Gasteiger partial charge in [0.15, 0.2) is 0 Å². The van der Waals surface area contributed by atoms with E-state index in [2.05, 4.69) is 0 Å². The van der Waals surface area contributed by atoms with Gasteiger partial charge in [-0.1, -0.05) is 0 Å². The van der Waals surface area contributed by atoms with Crippen molar-refractivity contribution >= 4 is 0 Å². The smallest absolute Gasteiger partial charge is 0.253 e. The van der Waals surface area contributed by atoms with Crippen LogP contribution in [0.2, 0.25) is 0 Å². The number of rotatable bonds is 1. The normalized spacial score (nSPS) is 22.1. The van der Waals surface area contributed by atoms with E-state index < -0.39 is 4.92 Å². The first-order chi connectivity index (χ1) is 4.70. The first kappa shape index (κ1) is 7.05. The van der Waals surface area contributed by atoms with E-state index in [9.17, 15) is 10.1 Å². The second-order valence-electron chi connectivity index (χ2n) is 2.43. The van der Waals surface area contributed by atoms with Gasteiger partial charge in [0.25, 0.3) is 6.20 Å². The molecule has 0 aromatic heterocycles. The van der Waals surface area contributed by atoms with E-state index in [0.717, 1.165) is 31.3 Å². The Morgan fingerprint density at radius 2 is 2.50 bits per heavy atom. The van der Waals surface area contributed by atoms with Crippen LogP contribution >= 0.6 is 0 Å². The van der Waals surface area contributed by atoms with Gasteiger partial charge in [-0.2, -0.15) is 0 Å². The van der Waals surface area contributed by atoms with E-state index in [1.807, 2.05) is 11.9 Å². The van der Waals surface area contributed by atoms with Gasteiger partial charge >= 0.3 is 0 Å². The first-order valence-corrected chi connectivity index (χ1v) is 3.25. The highest BCUT2D eigenvalue weighted by Gasteiger charge is 2.14. The maximum atomic E-state index is 10.0. The highest BCUT2D eigenvalue weighted by Crippen LogP contribution is 2.17. The van der Waals surface area contributed by atoms with Crippen molar-refractivity contribution in [1.29, 1.82) is 0 Å². The number of likely N-dealkylation sites (tertiary alicyclic amines) is 1. The van der Waals surface area contributed by atoms with Gasteiger partial charge in [0.1, 0.15) is 0 Å². The average Bonchev–Trinajstić information content (AvgIpc) is 2.15. The van der Waals surface area contributed by atoms with E-state index in [4.69, 9.17) is 0 Å². The summed E-state index contributed by atoms with van der Waals surface area (Å²) >= 11 is 0. The van der Waals surface area contributed by atoms with E-state index in [1.165, 1.54) is 0 Å². The molecule has 1 fully saturated rings. The molecule has 0 aromatic carbocycles. The molecule has 0 aliphatic carbocycles. The molecule has 1 aliphatic heterocycles. The van der Waals surface area contributed by atoms with Gasteiger partial charge in [-0.25, -0.2) is 0 Å². The van der Waals surface area contributed by atoms with Crippen molar-refractivity contribution < 1.29 is 4.92 Å². The molecule has 1 rings (SSSR count). The quantitative estimate of drug-likeness (QED) is 0.402. The van der Waals surface area contributed by atoms with Crippen LogP contribution in [0.5, 0.6) is 0 Å². The lowest BCUT2D eigenvalue weighted by atomic mass is 10.3. The SMILES string of the molecule is CN1CCC/C1=C\[N+](=O)[O-]. The second-order valence-corrected chi connectivity index (χ2v) is 2.43. The number of hydrogen-bond donors (Lipinski definition) is 0. The van der Waals surface area contributed by atoms with E-state index in [-0.39, 0.29) is 0 Å². The summed E-state index contributed by atoms with van der Waals surface area (Å²) in [5.41, 5.74) is 0.838. The lowest BCUT2D eigenvalue weighted by Gasteiger charge is -2.08. The van der Waals surface area contributed by atoms with E-state index in [1.54, 1.807) is 0 Å². The van der Waals surface area contributed by atoms with Crippen LogP contribution in [0.1, 0.15) is 12.8 Å². The van der Waals surface area contributed by atoms with Gasteiger partial charge < -0.3 is 4.90 Å². The average molecular weight is 142 g/mol. The van der Waals surface area contributed by atoms with Crippen LogP contribution in [0.3, 0.4) is 0 Å². The minimum Gasteiger partial charge on any atom is -0.373 e. The van der Waals surface area contributed by atoms with Crippen LogP contribution in [0, 0.1) is 10.1 Å². The summed E-state index contributed by atoms with van der Waals surface area (Å²) in [5, 5.41) is 10.0. The van der Waals surface area contributed by atoms with Crippen LogP contribution < -0.4 is 0 Å². The molecule has 0 atom stereocenters. The molecule has 0 N–H and O–H groups in total. The summed E-state index contributed by atoms with van der Waals surface area (Å²) in [5.74, 6) is 0. The number of nitro groups is 1. The molecule has 0 saturated carbocycles. The Bertz CT molecular complexity index is 177. The molecule has 0 aromatic rings. The Kier molecular flexibility index (Phi) is 1.89. The highest BCUT2D eigenvalue weighted by molar-refractivity contribution is 5.00. The van der Waals surface area contributed by atoms with Crippen LogP contribution in [0.15, 0.2) is 11.9 Å². The van der Waals surface area contributed by atoms with Gasteiger partial charge in [-0.3, -0.25) is 10.1 Å². The van der Waals surface area contributed by atoms with Crippen LogP contribution in [-0.2, 0) is 0 Å². The third-order valence-corrected chi connectivity index (χ3v) is 1.67. The number of allylic oxidation sites excluding steroid dienone is 1. The Hall–Kier alpha value is -1.06. The Balaban J connectivity index is 2.62. The second kappa shape index (κ2) is 2.68. The largest absolute Gasteiger partial charge is 0.373 e. The third-order valence-electron chi connectivity index (χ3n) is 1.67. The van der Waals surface area contributed by atoms with Gasteiger partial charge in [0.05, 0.1) is 10.6 Å². The monoisotopic (exact) mass is 142 g/mol. The van der Waals surface area contributed by atoms with Gasteiger partial charge in [0, 0.05) is 13.6 Å². The highest BCUT2D eigenvalue weighted by atomic mass is 16.6. The third kappa shape index (κ3) is 1.46.